The van der Waals surface area contributed by atoms with Gasteiger partial charge in [-0.3, -0.25) is 0 Å². The fourth-order valence-corrected chi connectivity index (χ4v) is 7.66. The van der Waals surface area contributed by atoms with E-state index in [1.165, 1.54) is 44.1 Å². The highest BCUT2D eigenvalue weighted by Crippen LogP contribution is 2.36. The third-order valence-corrected chi connectivity index (χ3v) is 10.4. The molecule has 10 aromatic rings. The topological polar surface area (TPSA) is 30.7 Å². The van der Waals surface area contributed by atoms with Crippen LogP contribution in [0.3, 0.4) is 0 Å². The van der Waals surface area contributed by atoms with E-state index < -0.39 is 0 Å². The van der Waals surface area contributed by atoms with Crippen molar-refractivity contribution in [2.45, 2.75) is 0 Å². The first-order chi connectivity index (χ1) is 27.2. The fraction of sp³-hybridized carbons (Fsp3) is 0. The van der Waals surface area contributed by atoms with Gasteiger partial charge in [-0.05, 0) is 81.9 Å². The summed E-state index contributed by atoms with van der Waals surface area (Å²) in [6.45, 7) is 0. The molecule has 258 valence electrons. The zero-order valence-electron chi connectivity index (χ0n) is 30.0. The summed E-state index contributed by atoms with van der Waals surface area (Å²) in [6.07, 6.45) is 0. The van der Waals surface area contributed by atoms with Gasteiger partial charge in [0.1, 0.15) is 0 Å². The lowest BCUT2D eigenvalue weighted by atomic mass is 9.93. The van der Waals surface area contributed by atoms with Crippen LogP contribution in [-0.4, -0.2) is 14.5 Å². The summed E-state index contributed by atoms with van der Waals surface area (Å²) in [5.41, 5.74) is 15.5. The molecule has 0 spiro atoms. The Balaban J connectivity index is 1.04. The minimum absolute atomic E-state index is 0.713. The van der Waals surface area contributed by atoms with Crippen LogP contribution in [0.2, 0.25) is 0 Å². The van der Waals surface area contributed by atoms with Crippen molar-refractivity contribution in [2.75, 3.05) is 0 Å². The summed E-state index contributed by atoms with van der Waals surface area (Å²) in [5.74, 6) is 0.713. The zero-order valence-corrected chi connectivity index (χ0v) is 30.0. The van der Waals surface area contributed by atoms with E-state index >= 15 is 0 Å². The average molecular weight is 702 g/mol. The Morgan fingerprint density at radius 2 is 0.636 bits per heavy atom. The van der Waals surface area contributed by atoms with Gasteiger partial charge in [0.2, 0.25) is 0 Å². The maximum Gasteiger partial charge on any atom is 0.160 e. The lowest BCUT2D eigenvalue weighted by Crippen LogP contribution is -1.95. The molecular formula is C52H35N3. The van der Waals surface area contributed by atoms with E-state index in [0.717, 1.165) is 44.9 Å². The van der Waals surface area contributed by atoms with E-state index in [1.54, 1.807) is 0 Å². The number of aromatic nitrogens is 3. The molecule has 0 aliphatic carbocycles. The third-order valence-electron chi connectivity index (χ3n) is 10.4. The van der Waals surface area contributed by atoms with E-state index in [9.17, 15) is 0 Å². The minimum Gasteiger partial charge on any atom is -0.309 e. The minimum atomic E-state index is 0.713. The van der Waals surface area contributed by atoms with Crippen molar-refractivity contribution in [1.82, 2.24) is 14.5 Å². The van der Waals surface area contributed by atoms with Gasteiger partial charge in [0.05, 0.1) is 22.4 Å². The molecule has 0 saturated carbocycles. The molecule has 0 atom stereocenters. The Morgan fingerprint density at radius 1 is 0.273 bits per heavy atom. The second-order valence-electron chi connectivity index (χ2n) is 13.9. The maximum absolute atomic E-state index is 5.06. The van der Waals surface area contributed by atoms with E-state index in [2.05, 4.69) is 180 Å². The predicted octanol–water partition coefficient (Wildman–Crippen LogP) is 13.6. The number of hydrogen-bond acceptors (Lipinski definition) is 2. The molecule has 0 fully saturated rings. The number of rotatable bonds is 7. The first kappa shape index (κ1) is 32.3. The molecule has 8 aromatic carbocycles. The fourth-order valence-electron chi connectivity index (χ4n) is 7.66. The molecule has 2 aromatic heterocycles. The smallest absolute Gasteiger partial charge is 0.160 e. The van der Waals surface area contributed by atoms with Crippen molar-refractivity contribution in [3.8, 4) is 73.0 Å². The van der Waals surface area contributed by atoms with Gasteiger partial charge in [0, 0.05) is 33.2 Å². The number of para-hydroxylation sites is 2. The van der Waals surface area contributed by atoms with Crippen LogP contribution >= 0.6 is 0 Å². The average Bonchev–Trinajstić information content (AvgIpc) is 3.61. The summed E-state index contributed by atoms with van der Waals surface area (Å²) < 4.78 is 2.37. The standard InChI is InChI=1S/C52H35N3/c1-4-14-36(15-5-1)42-32-43(34-44(33-42)38-28-30-45(31-29-38)55-50-22-12-10-20-46(50)47-21-11-13-23-51(47)55)37-24-26-40(27-25-37)49-35-48(39-16-6-2-7-17-39)53-52(54-49)41-18-8-3-9-19-41/h1-35H. The van der Waals surface area contributed by atoms with Crippen molar-refractivity contribution in [3.05, 3.63) is 212 Å². The van der Waals surface area contributed by atoms with E-state index in [-0.39, 0.29) is 0 Å². The number of benzene rings is 8. The van der Waals surface area contributed by atoms with Gasteiger partial charge in [-0.2, -0.15) is 0 Å². The lowest BCUT2D eigenvalue weighted by molar-refractivity contribution is 1.18. The van der Waals surface area contributed by atoms with Gasteiger partial charge >= 0.3 is 0 Å². The molecule has 3 nitrogen and oxygen atoms in total. The first-order valence-corrected chi connectivity index (χ1v) is 18.7. The summed E-state index contributed by atoms with van der Waals surface area (Å²) >= 11 is 0. The summed E-state index contributed by atoms with van der Waals surface area (Å²) in [6, 6.07) is 75.2. The molecule has 0 aliphatic heterocycles. The van der Waals surface area contributed by atoms with Crippen molar-refractivity contribution in [3.63, 3.8) is 0 Å². The summed E-state index contributed by atoms with van der Waals surface area (Å²) in [7, 11) is 0. The van der Waals surface area contributed by atoms with Crippen LogP contribution in [0, 0.1) is 0 Å². The van der Waals surface area contributed by atoms with Crippen molar-refractivity contribution in [2.24, 2.45) is 0 Å². The number of hydrogen-bond donors (Lipinski definition) is 0. The highest BCUT2D eigenvalue weighted by atomic mass is 15.0. The normalized spacial score (nSPS) is 11.3. The molecular weight excluding hydrogens is 667 g/mol. The van der Waals surface area contributed by atoms with Crippen molar-refractivity contribution < 1.29 is 0 Å². The third kappa shape index (κ3) is 6.18. The second-order valence-corrected chi connectivity index (χ2v) is 13.9. The molecule has 0 saturated heterocycles. The number of fused-ring (bicyclic) bond motifs is 3. The SMILES string of the molecule is c1ccc(-c2cc(-c3ccc(-c4cc(-c5ccccc5)nc(-c5ccccc5)n4)cc3)cc(-c3ccc(-n4c5ccccc5c5ccccc54)cc3)c2)cc1. The Bertz CT molecular complexity index is 2820. The Labute approximate surface area is 320 Å². The van der Waals surface area contributed by atoms with Gasteiger partial charge in [-0.25, -0.2) is 9.97 Å². The van der Waals surface area contributed by atoms with Crippen LogP contribution in [0.4, 0.5) is 0 Å². The van der Waals surface area contributed by atoms with E-state index in [0.29, 0.717) is 5.82 Å². The molecule has 55 heavy (non-hydrogen) atoms. The van der Waals surface area contributed by atoms with Crippen LogP contribution in [0.25, 0.3) is 94.8 Å². The van der Waals surface area contributed by atoms with Crippen LogP contribution in [0.5, 0.6) is 0 Å². The Kier molecular flexibility index (Phi) is 8.16. The Hall–Kier alpha value is -7.36. The van der Waals surface area contributed by atoms with Crippen LogP contribution < -0.4 is 0 Å². The highest BCUT2D eigenvalue weighted by molar-refractivity contribution is 6.09. The highest BCUT2D eigenvalue weighted by Gasteiger charge is 2.14. The second kappa shape index (κ2) is 13.9. The molecule has 3 heteroatoms. The zero-order chi connectivity index (χ0) is 36.6. The Morgan fingerprint density at radius 3 is 1.15 bits per heavy atom. The monoisotopic (exact) mass is 701 g/mol. The number of nitrogens with zero attached hydrogens (tertiary/aromatic N) is 3. The van der Waals surface area contributed by atoms with Crippen LogP contribution in [0.15, 0.2) is 212 Å². The molecule has 0 radical (unpaired) electrons. The lowest BCUT2D eigenvalue weighted by Gasteiger charge is -2.13. The first-order valence-electron chi connectivity index (χ1n) is 18.7. The van der Waals surface area contributed by atoms with Gasteiger partial charge in [-0.1, -0.05) is 164 Å². The molecule has 0 amide bonds. The van der Waals surface area contributed by atoms with E-state index in [4.69, 9.17) is 9.97 Å². The largest absolute Gasteiger partial charge is 0.309 e. The predicted molar refractivity (Wildman–Crippen MR) is 229 cm³/mol. The van der Waals surface area contributed by atoms with Crippen molar-refractivity contribution >= 4 is 21.8 Å². The molecule has 2 heterocycles. The molecule has 0 N–H and O–H groups in total. The molecule has 10 rings (SSSR count). The molecule has 0 bridgehead atoms. The van der Waals surface area contributed by atoms with Crippen LogP contribution in [0.1, 0.15) is 0 Å². The van der Waals surface area contributed by atoms with Gasteiger partial charge in [0.15, 0.2) is 5.82 Å². The van der Waals surface area contributed by atoms with Gasteiger partial charge in [-0.15, -0.1) is 0 Å². The maximum atomic E-state index is 5.06. The molecule has 0 unspecified atom stereocenters. The van der Waals surface area contributed by atoms with Gasteiger partial charge < -0.3 is 4.57 Å². The van der Waals surface area contributed by atoms with Gasteiger partial charge in [0.25, 0.3) is 0 Å². The molecule has 0 aliphatic rings. The quantitative estimate of drug-likeness (QED) is 0.166. The summed E-state index contributed by atoms with van der Waals surface area (Å²) in [4.78, 5) is 10.0. The summed E-state index contributed by atoms with van der Waals surface area (Å²) in [5, 5.41) is 2.53. The van der Waals surface area contributed by atoms with Crippen molar-refractivity contribution in [1.29, 1.82) is 0 Å². The van der Waals surface area contributed by atoms with Crippen LogP contribution in [-0.2, 0) is 0 Å². The van der Waals surface area contributed by atoms with E-state index in [1.807, 2.05) is 36.4 Å².